The number of nitrogens with zero attached hydrogens (tertiary/aromatic N) is 3. The van der Waals surface area contributed by atoms with Gasteiger partial charge in [-0.25, -0.2) is 8.42 Å². The Morgan fingerprint density at radius 1 is 0.931 bits per heavy atom. The summed E-state index contributed by atoms with van der Waals surface area (Å²) in [6.45, 7) is 0. The Bertz CT molecular complexity index is 1150. The molecule has 0 amide bonds. The molecule has 0 unspecified atom stereocenters. The molecule has 0 radical (unpaired) electrons. The Hall–Kier alpha value is -4.20. The van der Waals surface area contributed by atoms with Crippen LogP contribution in [-0.2, 0) is 10.0 Å². The average molecular weight is 409 g/mol. The lowest BCUT2D eigenvalue weighted by Crippen LogP contribution is -2.13. The molecule has 0 heterocycles. The van der Waals surface area contributed by atoms with Gasteiger partial charge < -0.3 is 14.8 Å². The van der Waals surface area contributed by atoms with E-state index in [0.717, 1.165) is 0 Å². The smallest absolute Gasteiger partial charge is 0.262 e. The highest BCUT2D eigenvalue weighted by Gasteiger charge is 2.17. The fraction of sp³-hybridized carbons (Fsp3) is 0.105. The average Bonchev–Trinajstić information content (AvgIpc) is 2.74. The van der Waals surface area contributed by atoms with Gasteiger partial charge in [0.25, 0.3) is 10.0 Å². The molecule has 0 saturated heterocycles. The highest BCUT2D eigenvalue weighted by Crippen LogP contribution is 2.31. The number of allylic oxidation sites excluding steroid dienone is 2. The second-order valence-corrected chi connectivity index (χ2v) is 7.09. The highest BCUT2D eigenvalue weighted by molar-refractivity contribution is 7.92. The third-order valence-corrected chi connectivity index (χ3v) is 5.05. The van der Waals surface area contributed by atoms with E-state index < -0.39 is 10.0 Å². The fourth-order valence-corrected chi connectivity index (χ4v) is 3.30. The van der Waals surface area contributed by atoms with E-state index in [1.165, 1.54) is 44.6 Å². The topological polar surface area (TPSA) is 148 Å². The van der Waals surface area contributed by atoms with Gasteiger partial charge >= 0.3 is 0 Å². The predicted molar refractivity (Wildman–Crippen MR) is 104 cm³/mol. The first-order chi connectivity index (χ1) is 13.9. The van der Waals surface area contributed by atoms with Crippen LogP contribution in [0.25, 0.3) is 0 Å². The third-order valence-electron chi connectivity index (χ3n) is 3.67. The van der Waals surface area contributed by atoms with Crippen LogP contribution in [0.5, 0.6) is 11.5 Å². The Morgan fingerprint density at radius 3 is 2.10 bits per heavy atom. The zero-order valence-electron chi connectivity index (χ0n) is 15.4. The van der Waals surface area contributed by atoms with Crippen LogP contribution in [0.3, 0.4) is 0 Å². The van der Waals surface area contributed by atoms with Gasteiger partial charge in [-0.3, -0.25) is 4.72 Å². The van der Waals surface area contributed by atoms with Gasteiger partial charge in [0.15, 0.2) is 5.57 Å². The van der Waals surface area contributed by atoms with Crippen LogP contribution >= 0.6 is 0 Å². The minimum atomic E-state index is -3.92. The van der Waals surface area contributed by atoms with Gasteiger partial charge in [-0.15, -0.1) is 0 Å². The number of anilines is 2. The molecule has 0 aliphatic rings. The van der Waals surface area contributed by atoms with Crippen molar-refractivity contribution in [3.63, 3.8) is 0 Å². The summed E-state index contributed by atoms with van der Waals surface area (Å²) in [5.74, 6) is 0.797. The van der Waals surface area contributed by atoms with Crippen molar-refractivity contribution in [1.29, 1.82) is 15.8 Å². The molecule has 2 N–H and O–H groups in total. The van der Waals surface area contributed by atoms with Crippen LogP contribution in [0, 0.1) is 34.0 Å². The van der Waals surface area contributed by atoms with Gasteiger partial charge in [0.1, 0.15) is 35.4 Å². The fourth-order valence-electron chi connectivity index (χ4n) is 2.23. The maximum absolute atomic E-state index is 12.6. The molecule has 0 fully saturated rings. The number of nitrogens with one attached hydrogen (secondary N) is 2. The second kappa shape index (κ2) is 9.14. The van der Waals surface area contributed by atoms with Crippen LogP contribution in [0.4, 0.5) is 11.4 Å². The zero-order chi connectivity index (χ0) is 21.4. The van der Waals surface area contributed by atoms with Gasteiger partial charge in [0.2, 0.25) is 0 Å². The molecule has 0 aliphatic carbocycles. The molecule has 0 saturated carbocycles. The van der Waals surface area contributed by atoms with Crippen LogP contribution < -0.4 is 19.5 Å². The molecule has 29 heavy (non-hydrogen) atoms. The van der Waals surface area contributed by atoms with Gasteiger partial charge in [-0.1, -0.05) is 0 Å². The summed E-state index contributed by atoms with van der Waals surface area (Å²) >= 11 is 0. The first-order valence-electron chi connectivity index (χ1n) is 7.95. The van der Waals surface area contributed by atoms with Crippen molar-refractivity contribution in [2.45, 2.75) is 4.90 Å². The lowest BCUT2D eigenvalue weighted by Gasteiger charge is -2.13. The number of rotatable bonds is 7. The van der Waals surface area contributed by atoms with Crippen molar-refractivity contribution >= 4 is 21.4 Å². The number of sulfonamides is 1. The summed E-state index contributed by atoms with van der Waals surface area (Å²) in [7, 11) is -1.03. The number of hydrogen-bond acceptors (Lipinski definition) is 8. The lowest BCUT2D eigenvalue weighted by atomic mass is 10.2. The standard InChI is InChI=1S/C19H15N5O4S/c1-27-15-5-8-17(19(9-15)28-2)24-29(25,26)16-6-3-14(4-7-16)23-18(12-22)13(10-20)11-21/h3-9,23-24H,1-2H3. The number of hydrogen-bond donors (Lipinski definition) is 2. The molecular formula is C19H15N5O4S. The second-order valence-electron chi connectivity index (χ2n) is 5.41. The number of benzene rings is 2. The minimum absolute atomic E-state index is 0.0378. The van der Waals surface area contributed by atoms with Gasteiger partial charge in [0, 0.05) is 11.8 Å². The predicted octanol–water partition coefficient (Wildman–Crippen LogP) is 2.74. The lowest BCUT2D eigenvalue weighted by molar-refractivity contribution is 0.395. The Labute approximate surface area is 168 Å². The Morgan fingerprint density at radius 2 is 1.59 bits per heavy atom. The highest BCUT2D eigenvalue weighted by atomic mass is 32.2. The van der Waals surface area contributed by atoms with E-state index in [1.807, 2.05) is 0 Å². The van der Waals surface area contributed by atoms with Crippen molar-refractivity contribution in [3.05, 3.63) is 53.7 Å². The molecule has 2 aromatic carbocycles. The van der Waals surface area contributed by atoms with Gasteiger partial charge in [-0.2, -0.15) is 15.8 Å². The van der Waals surface area contributed by atoms with Crippen molar-refractivity contribution in [2.24, 2.45) is 0 Å². The normalized spacial score (nSPS) is 9.90. The van der Waals surface area contributed by atoms with Crippen LogP contribution in [-0.4, -0.2) is 22.6 Å². The monoisotopic (exact) mass is 409 g/mol. The Kier molecular flexibility index (Phi) is 6.65. The number of ether oxygens (including phenoxy) is 2. The van der Waals surface area contributed by atoms with Crippen molar-refractivity contribution in [3.8, 4) is 29.7 Å². The van der Waals surface area contributed by atoms with Crippen LogP contribution in [0.15, 0.2) is 58.6 Å². The van der Waals surface area contributed by atoms with Crippen molar-refractivity contribution < 1.29 is 17.9 Å². The van der Waals surface area contributed by atoms with E-state index in [1.54, 1.807) is 30.3 Å². The quantitative estimate of drug-likeness (QED) is 0.663. The van der Waals surface area contributed by atoms with E-state index in [-0.39, 0.29) is 27.6 Å². The summed E-state index contributed by atoms with van der Waals surface area (Å²) < 4.78 is 38.0. The van der Waals surface area contributed by atoms with Gasteiger partial charge in [0.05, 0.1) is 24.8 Å². The molecular weight excluding hydrogens is 394 g/mol. The molecule has 0 spiro atoms. The summed E-state index contributed by atoms with van der Waals surface area (Å²) in [5.41, 5.74) is -0.0346. The van der Waals surface area contributed by atoms with E-state index in [2.05, 4.69) is 10.0 Å². The first-order valence-corrected chi connectivity index (χ1v) is 9.43. The molecule has 9 nitrogen and oxygen atoms in total. The SMILES string of the molecule is COc1ccc(NS(=O)(=O)c2ccc(NC(C#N)=C(C#N)C#N)cc2)c(OC)c1. The maximum Gasteiger partial charge on any atom is 0.262 e. The molecule has 2 rings (SSSR count). The summed E-state index contributed by atoms with van der Waals surface area (Å²) in [6.07, 6.45) is 0. The number of nitriles is 3. The van der Waals surface area contributed by atoms with E-state index >= 15 is 0 Å². The first kappa shape index (κ1) is 21.1. The van der Waals surface area contributed by atoms with Gasteiger partial charge in [-0.05, 0) is 36.4 Å². The summed E-state index contributed by atoms with van der Waals surface area (Å²) in [4.78, 5) is -0.0378. The van der Waals surface area contributed by atoms with E-state index in [9.17, 15) is 8.42 Å². The van der Waals surface area contributed by atoms with Crippen molar-refractivity contribution in [1.82, 2.24) is 0 Å². The Balaban J connectivity index is 2.28. The molecule has 2 aromatic rings. The molecule has 0 atom stereocenters. The molecule has 0 aliphatic heterocycles. The largest absolute Gasteiger partial charge is 0.497 e. The molecule has 146 valence electrons. The number of methoxy groups -OCH3 is 2. The maximum atomic E-state index is 12.6. The summed E-state index contributed by atoms with van der Waals surface area (Å²) in [5, 5.41) is 29.4. The molecule has 0 aromatic heterocycles. The third kappa shape index (κ3) is 4.95. The minimum Gasteiger partial charge on any atom is -0.497 e. The van der Waals surface area contributed by atoms with Crippen LogP contribution in [0.2, 0.25) is 0 Å². The zero-order valence-corrected chi connectivity index (χ0v) is 16.2. The van der Waals surface area contributed by atoms with E-state index in [4.69, 9.17) is 25.3 Å². The van der Waals surface area contributed by atoms with Crippen molar-refractivity contribution in [2.75, 3.05) is 24.3 Å². The van der Waals surface area contributed by atoms with Crippen LogP contribution in [0.1, 0.15) is 0 Å². The summed E-state index contributed by atoms with van der Waals surface area (Å²) in [6, 6.07) is 15.0. The molecule has 0 bridgehead atoms. The molecule has 10 heteroatoms. The van der Waals surface area contributed by atoms with E-state index in [0.29, 0.717) is 11.4 Å².